The lowest BCUT2D eigenvalue weighted by molar-refractivity contribution is -0.160. The third-order valence-corrected chi connectivity index (χ3v) is 5.00. The van der Waals surface area contributed by atoms with Gasteiger partial charge in [-0.15, -0.1) is 0 Å². The summed E-state index contributed by atoms with van der Waals surface area (Å²) in [5.41, 5.74) is 1.25. The van der Waals surface area contributed by atoms with Crippen molar-refractivity contribution in [2.45, 2.75) is 26.4 Å². The van der Waals surface area contributed by atoms with Crippen molar-refractivity contribution in [3.63, 3.8) is 0 Å². The lowest BCUT2D eigenvalue weighted by Crippen LogP contribution is -2.40. The van der Waals surface area contributed by atoms with Crippen LogP contribution in [0, 0.1) is 0 Å². The summed E-state index contributed by atoms with van der Waals surface area (Å²) in [6, 6.07) is 16.2. The second-order valence-corrected chi connectivity index (χ2v) is 6.84. The van der Waals surface area contributed by atoms with Crippen LogP contribution in [-0.4, -0.2) is 48.9 Å². The van der Waals surface area contributed by atoms with Crippen molar-refractivity contribution in [2.24, 2.45) is 0 Å². The van der Waals surface area contributed by atoms with E-state index in [1.165, 1.54) is 4.90 Å². The van der Waals surface area contributed by atoms with E-state index in [1.807, 2.05) is 26.0 Å². The van der Waals surface area contributed by atoms with E-state index in [4.69, 9.17) is 9.47 Å². The highest BCUT2D eigenvalue weighted by atomic mass is 16.5. The normalized spacial score (nSPS) is 13.8. The van der Waals surface area contributed by atoms with E-state index in [-0.39, 0.29) is 31.4 Å². The van der Waals surface area contributed by atoms with E-state index in [9.17, 15) is 14.4 Å². The minimum absolute atomic E-state index is 0.0328. The first-order chi connectivity index (χ1) is 14.5. The Hall–Kier alpha value is -3.35. The standard InChI is InChI=1S/C23H26N2O5/c1-3-24(4-2)23(28)22(17-10-6-5-7-11-17)30-21(27)14-15-25-18-12-8-9-13-19(18)29-16-20(25)26/h5-13,22H,3-4,14-16H2,1-2H3/t22-/m0/s1. The van der Waals surface area contributed by atoms with Gasteiger partial charge in [-0.2, -0.15) is 0 Å². The fourth-order valence-electron chi connectivity index (χ4n) is 3.38. The van der Waals surface area contributed by atoms with Gasteiger partial charge in [0.15, 0.2) is 6.61 Å². The van der Waals surface area contributed by atoms with E-state index >= 15 is 0 Å². The number of nitrogens with zero attached hydrogens (tertiary/aromatic N) is 2. The monoisotopic (exact) mass is 410 g/mol. The second-order valence-electron chi connectivity index (χ2n) is 6.84. The van der Waals surface area contributed by atoms with Crippen LogP contribution in [0.15, 0.2) is 54.6 Å². The van der Waals surface area contributed by atoms with E-state index in [2.05, 4.69) is 0 Å². The minimum atomic E-state index is -1.01. The molecule has 1 aliphatic heterocycles. The largest absolute Gasteiger partial charge is 0.482 e. The number of carbonyl (C=O) groups is 3. The van der Waals surface area contributed by atoms with Crippen LogP contribution < -0.4 is 9.64 Å². The molecule has 158 valence electrons. The highest BCUT2D eigenvalue weighted by Gasteiger charge is 2.30. The van der Waals surface area contributed by atoms with Gasteiger partial charge in [0.2, 0.25) is 6.10 Å². The Morgan fingerprint density at radius 3 is 2.43 bits per heavy atom. The van der Waals surface area contributed by atoms with E-state index in [0.29, 0.717) is 30.1 Å². The van der Waals surface area contributed by atoms with Gasteiger partial charge < -0.3 is 19.3 Å². The highest BCUT2D eigenvalue weighted by molar-refractivity contribution is 5.98. The summed E-state index contributed by atoms with van der Waals surface area (Å²) in [6.07, 6.45) is -1.04. The first-order valence-corrected chi connectivity index (χ1v) is 10.1. The molecule has 7 heteroatoms. The zero-order chi connectivity index (χ0) is 21.5. The molecule has 0 radical (unpaired) electrons. The SMILES string of the molecule is CCN(CC)C(=O)[C@@H](OC(=O)CCN1C(=O)COc2ccccc21)c1ccccc1. The van der Waals surface area contributed by atoms with Gasteiger partial charge in [-0.25, -0.2) is 0 Å². The number of carbonyl (C=O) groups excluding carboxylic acids is 3. The molecule has 2 aromatic carbocycles. The molecule has 30 heavy (non-hydrogen) atoms. The van der Waals surface area contributed by atoms with Crippen LogP contribution in [0.4, 0.5) is 5.69 Å². The smallest absolute Gasteiger partial charge is 0.308 e. The molecule has 0 saturated carbocycles. The van der Waals surface area contributed by atoms with Crippen LogP contribution >= 0.6 is 0 Å². The summed E-state index contributed by atoms with van der Waals surface area (Å²) in [7, 11) is 0. The van der Waals surface area contributed by atoms with E-state index in [1.54, 1.807) is 47.4 Å². The van der Waals surface area contributed by atoms with Crippen LogP contribution in [0.2, 0.25) is 0 Å². The molecule has 0 aromatic heterocycles. The van der Waals surface area contributed by atoms with Crippen molar-refractivity contribution in [3.05, 3.63) is 60.2 Å². The number of hydrogen-bond donors (Lipinski definition) is 0. The van der Waals surface area contributed by atoms with Crippen LogP contribution in [0.25, 0.3) is 0 Å². The number of para-hydroxylation sites is 2. The second kappa shape index (κ2) is 9.91. The van der Waals surface area contributed by atoms with Gasteiger partial charge in [-0.05, 0) is 26.0 Å². The van der Waals surface area contributed by atoms with Crippen molar-refractivity contribution in [2.75, 3.05) is 31.1 Å². The molecule has 1 atom stereocenters. The molecule has 3 rings (SSSR count). The Kier molecular flexibility index (Phi) is 7.06. The third kappa shape index (κ3) is 4.79. The molecular weight excluding hydrogens is 384 g/mol. The highest BCUT2D eigenvalue weighted by Crippen LogP contribution is 2.31. The zero-order valence-electron chi connectivity index (χ0n) is 17.2. The van der Waals surface area contributed by atoms with Crippen molar-refractivity contribution >= 4 is 23.5 Å². The minimum Gasteiger partial charge on any atom is -0.482 e. The maximum atomic E-state index is 12.9. The Morgan fingerprint density at radius 2 is 1.73 bits per heavy atom. The fourth-order valence-corrected chi connectivity index (χ4v) is 3.38. The summed E-state index contributed by atoms with van der Waals surface area (Å²) < 4.78 is 11.0. The average Bonchev–Trinajstić information content (AvgIpc) is 2.78. The maximum absolute atomic E-state index is 12.9. The predicted octanol–water partition coefficient (Wildman–Crippen LogP) is 2.96. The van der Waals surface area contributed by atoms with Crippen LogP contribution in [-0.2, 0) is 19.1 Å². The van der Waals surface area contributed by atoms with Gasteiger partial charge in [-0.3, -0.25) is 14.4 Å². The van der Waals surface area contributed by atoms with Crippen LogP contribution in [0.3, 0.4) is 0 Å². The molecule has 0 saturated heterocycles. The van der Waals surface area contributed by atoms with Crippen LogP contribution in [0.1, 0.15) is 31.9 Å². The molecule has 7 nitrogen and oxygen atoms in total. The summed E-state index contributed by atoms with van der Waals surface area (Å²) in [5, 5.41) is 0. The molecule has 0 unspecified atom stereocenters. The van der Waals surface area contributed by atoms with Crippen molar-refractivity contribution < 1.29 is 23.9 Å². The van der Waals surface area contributed by atoms with Crippen molar-refractivity contribution in [1.29, 1.82) is 0 Å². The molecule has 1 heterocycles. The number of fused-ring (bicyclic) bond motifs is 1. The zero-order valence-corrected chi connectivity index (χ0v) is 17.2. The summed E-state index contributed by atoms with van der Waals surface area (Å²) in [5.74, 6) is -0.418. The van der Waals surface area contributed by atoms with Gasteiger partial charge >= 0.3 is 5.97 Å². The molecule has 0 N–H and O–H groups in total. The average molecular weight is 410 g/mol. The van der Waals surface area contributed by atoms with Gasteiger partial charge in [0.1, 0.15) is 5.75 Å². The fraction of sp³-hybridized carbons (Fsp3) is 0.348. The first kappa shape index (κ1) is 21.4. The Labute approximate surface area is 176 Å². The Balaban J connectivity index is 1.71. The van der Waals surface area contributed by atoms with E-state index < -0.39 is 12.1 Å². The first-order valence-electron chi connectivity index (χ1n) is 10.1. The Bertz CT molecular complexity index is 895. The number of amides is 2. The molecular formula is C23H26N2O5. The maximum Gasteiger partial charge on any atom is 0.308 e. The van der Waals surface area contributed by atoms with Gasteiger partial charge in [0, 0.05) is 25.2 Å². The molecule has 1 aliphatic rings. The van der Waals surface area contributed by atoms with Crippen LogP contribution in [0.5, 0.6) is 5.75 Å². The Morgan fingerprint density at radius 1 is 1.07 bits per heavy atom. The number of esters is 1. The van der Waals surface area contributed by atoms with Gasteiger partial charge in [0.25, 0.3) is 11.8 Å². The van der Waals surface area contributed by atoms with Gasteiger partial charge in [0.05, 0.1) is 12.1 Å². The van der Waals surface area contributed by atoms with Crippen molar-refractivity contribution in [1.82, 2.24) is 4.90 Å². The summed E-state index contributed by atoms with van der Waals surface area (Å²) in [4.78, 5) is 41.0. The molecule has 2 aromatic rings. The lowest BCUT2D eigenvalue weighted by atomic mass is 10.1. The lowest BCUT2D eigenvalue weighted by Gasteiger charge is -2.29. The number of benzene rings is 2. The third-order valence-electron chi connectivity index (χ3n) is 5.00. The molecule has 0 fully saturated rings. The molecule has 2 amide bonds. The summed E-state index contributed by atoms with van der Waals surface area (Å²) in [6.45, 7) is 4.89. The van der Waals surface area contributed by atoms with E-state index in [0.717, 1.165) is 0 Å². The number of rotatable bonds is 8. The number of likely N-dealkylation sites (N-methyl/N-ethyl adjacent to an activating group) is 1. The van der Waals surface area contributed by atoms with Gasteiger partial charge in [-0.1, -0.05) is 42.5 Å². The number of hydrogen-bond acceptors (Lipinski definition) is 5. The molecule has 0 bridgehead atoms. The topological polar surface area (TPSA) is 76.2 Å². The summed E-state index contributed by atoms with van der Waals surface area (Å²) >= 11 is 0. The predicted molar refractivity (Wildman–Crippen MR) is 112 cm³/mol. The molecule has 0 aliphatic carbocycles. The van der Waals surface area contributed by atoms with Crippen molar-refractivity contribution in [3.8, 4) is 5.75 Å². The molecule has 0 spiro atoms. The quantitative estimate of drug-likeness (QED) is 0.626. The number of anilines is 1. The number of ether oxygens (including phenoxy) is 2.